The van der Waals surface area contributed by atoms with Crippen molar-refractivity contribution in [3.8, 4) is 0 Å². The van der Waals surface area contributed by atoms with Crippen LogP contribution >= 0.6 is 0 Å². The van der Waals surface area contributed by atoms with E-state index in [-0.39, 0.29) is 0 Å². The molecule has 0 amide bonds. The fraction of sp³-hybridized carbons (Fsp3) is 0.818. The lowest BCUT2D eigenvalue weighted by atomic mass is 10.00. The Balaban J connectivity index is 1.71. The molecule has 2 atom stereocenters. The first kappa shape index (κ1) is 10.2. The Hall–Kier alpha value is -0.940. The van der Waals surface area contributed by atoms with Gasteiger partial charge in [-0.05, 0) is 32.4 Å². The maximum Gasteiger partial charge on any atom is 0.231 e. The Morgan fingerprint density at radius 3 is 2.69 bits per heavy atom. The molecule has 3 heterocycles. The van der Waals surface area contributed by atoms with Crippen molar-refractivity contribution in [1.29, 1.82) is 0 Å². The van der Waals surface area contributed by atoms with E-state index < -0.39 is 0 Å². The van der Waals surface area contributed by atoms with E-state index in [1.54, 1.807) is 0 Å². The number of nitrogens with one attached hydrogen (secondary N) is 2. The van der Waals surface area contributed by atoms with E-state index in [2.05, 4.69) is 20.8 Å². The zero-order valence-corrected chi connectivity index (χ0v) is 9.41. The molecule has 0 radical (unpaired) electrons. The second kappa shape index (κ2) is 4.51. The Kier molecular flexibility index (Phi) is 2.88. The van der Waals surface area contributed by atoms with Crippen molar-refractivity contribution in [3.05, 3.63) is 11.7 Å². The number of aromatic nitrogens is 2. The molecule has 2 aliphatic heterocycles. The smallest absolute Gasteiger partial charge is 0.231 e. The molecule has 1 aromatic heterocycles. The van der Waals surface area contributed by atoms with Gasteiger partial charge >= 0.3 is 0 Å². The van der Waals surface area contributed by atoms with E-state index in [1.807, 2.05) is 0 Å². The van der Waals surface area contributed by atoms with E-state index in [1.165, 1.54) is 6.42 Å². The molecule has 0 spiro atoms. The lowest BCUT2D eigenvalue weighted by Crippen LogP contribution is -2.28. The summed E-state index contributed by atoms with van der Waals surface area (Å²) in [4.78, 5) is 4.56. The number of piperidine rings is 1. The summed E-state index contributed by atoms with van der Waals surface area (Å²) in [6.45, 7) is 4.15. The summed E-state index contributed by atoms with van der Waals surface area (Å²) in [5.74, 6) is 2.60. The van der Waals surface area contributed by atoms with Crippen LogP contribution in [0.4, 0.5) is 0 Å². The summed E-state index contributed by atoms with van der Waals surface area (Å²) >= 11 is 0. The summed E-state index contributed by atoms with van der Waals surface area (Å²) in [5, 5.41) is 10.8. The zero-order valence-electron chi connectivity index (χ0n) is 9.41. The number of rotatable bonds is 2. The molecule has 2 aliphatic rings. The molecule has 5 nitrogen and oxygen atoms in total. The third kappa shape index (κ3) is 1.97. The van der Waals surface area contributed by atoms with Crippen molar-refractivity contribution in [2.24, 2.45) is 0 Å². The molecular weight excluding hydrogens is 204 g/mol. The first-order valence-electron chi connectivity index (χ1n) is 6.18. The average Bonchev–Trinajstić information content (AvgIpc) is 3.01. The number of nitrogens with zero attached hydrogens (tertiary/aromatic N) is 2. The Bertz CT molecular complexity index is 340. The second-order valence-electron chi connectivity index (χ2n) is 4.72. The third-order valence-corrected chi connectivity index (χ3v) is 3.53. The molecule has 2 unspecified atom stereocenters. The highest BCUT2D eigenvalue weighted by Crippen LogP contribution is 2.25. The first-order chi connectivity index (χ1) is 7.93. The SMILES string of the molecule is C1CNCC(c2nc(C3CCNC3)no2)C1. The zero-order chi connectivity index (χ0) is 10.8. The highest BCUT2D eigenvalue weighted by atomic mass is 16.5. The van der Waals surface area contributed by atoms with Gasteiger partial charge < -0.3 is 15.2 Å². The molecule has 0 aliphatic carbocycles. The van der Waals surface area contributed by atoms with E-state index in [0.29, 0.717) is 11.8 Å². The van der Waals surface area contributed by atoms with Gasteiger partial charge in [0.25, 0.3) is 0 Å². The van der Waals surface area contributed by atoms with Crippen LogP contribution in [0.1, 0.15) is 42.8 Å². The summed E-state index contributed by atoms with van der Waals surface area (Å²) in [7, 11) is 0. The van der Waals surface area contributed by atoms with Crippen LogP contribution in [0.25, 0.3) is 0 Å². The molecular formula is C11H18N4O. The molecule has 3 rings (SSSR count). The van der Waals surface area contributed by atoms with Gasteiger partial charge in [-0.15, -0.1) is 0 Å². The first-order valence-corrected chi connectivity index (χ1v) is 6.18. The van der Waals surface area contributed by atoms with E-state index in [0.717, 1.165) is 50.7 Å². The van der Waals surface area contributed by atoms with Crippen LogP contribution in [0.3, 0.4) is 0 Å². The predicted molar refractivity (Wildman–Crippen MR) is 59.4 cm³/mol. The molecule has 2 fully saturated rings. The molecule has 5 heteroatoms. The minimum atomic E-state index is 0.421. The highest BCUT2D eigenvalue weighted by molar-refractivity contribution is 5.03. The van der Waals surface area contributed by atoms with E-state index >= 15 is 0 Å². The largest absolute Gasteiger partial charge is 0.339 e. The van der Waals surface area contributed by atoms with Gasteiger partial charge in [0.05, 0.1) is 5.92 Å². The summed E-state index contributed by atoms with van der Waals surface area (Å²) in [6, 6.07) is 0. The lowest BCUT2D eigenvalue weighted by molar-refractivity contribution is 0.319. The van der Waals surface area contributed by atoms with E-state index in [4.69, 9.17) is 4.52 Å². The summed E-state index contributed by atoms with van der Waals surface area (Å²) in [5.41, 5.74) is 0. The van der Waals surface area contributed by atoms with Gasteiger partial charge in [0.15, 0.2) is 5.82 Å². The van der Waals surface area contributed by atoms with Gasteiger partial charge in [-0.2, -0.15) is 4.98 Å². The minimum Gasteiger partial charge on any atom is -0.339 e. The molecule has 0 bridgehead atoms. The van der Waals surface area contributed by atoms with Crippen LogP contribution < -0.4 is 10.6 Å². The summed E-state index contributed by atoms with van der Waals surface area (Å²) in [6.07, 6.45) is 3.49. The molecule has 0 saturated carbocycles. The second-order valence-corrected chi connectivity index (χ2v) is 4.72. The molecule has 1 aromatic rings. The molecule has 88 valence electrons. The monoisotopic (exact) mass is 222 g/mol. The molecule has 2 saturated heterocycles. The van der Waals surface area contributed by atoms with Crippen molar-refractivity contribution >= 4 is 0 Å². The summed E-state index contributed by atoms with van der Waals surface area (Å²) < 4.78 is 5.39. The van der Waals surface area contributed by atoms with Gasteiger partial charge in [0.2, 0.25) is 5.89 Å². The van der Waals surface area contributed by atoms with Gasteiger partial charge in [-0.1, -0.05) is 5.16 Å². The van der Waals surface area contributed by atoms with Crippen molar-refractivity contribution in [2.75, 3.05) is 26.2 Å². The van der Waals surface area contributed by atoms with E-state index in [9.17, 15) is 0 Å². The Labute approximate surface area is 95.0 Å². The Morgan fingerprint density at radius 1 is 1.06 bits per heavy atom. The fourth-order valence-electron chi connectivity index (χ4n) is 2.52. The Morgan fingerprint density at radius 2 is 1.94 bits per heavy atom. The maximum absolute atomic E-state index is 5.39. The topological polar surface area (TPSA) is 63.0 Å². The average molecular weight is 222 g/mol. The van der Waals surface area contributed by atoms with Gasteiger partial charge in [0, 0.05) is 19.0 Å². The molecule has 0 aromatic carbocycles. The fourth-order valence-corrected chi connectivity index (χ4v) is 2.52. The van der Waals surface area contributed by atoms with Crippen LogP contribution in [0.2, 0.25) is 0 Å². The number of hydrogen-bond acceptors (Lipinski definition) is 5. The van der Waals surface area contributed by atoms with Crippen LogP contribution in [-0.2, 0) is 0 Å². The van der Waals surface area contributed by atoms with Crippen LogP contribution in [0, 0.1) is 0 Å². The lowest BCUT2D eigenvalue weighted by Gasteiger charge is -2.18. The van der Waals surface area contributed by atoms with Crippen molar-refractivity contribution in [1.82, 2.24) is 20.8 Å². The van der Waals surface area contributed by atoms with Gasteiger partial charge in [-0.25, -0.2) is 0 Å². The van der Waals surface area contributed by atoms with Gasteiger partial charge in [0.1, 0.15) is 0 Å². The minimum absolute atomic E-state index is 0.421. The quantitative estimate of drug-likeness (QED) is 0.768. The van der Waals surface area contributed by atoms with Gasteiger partial charge in [-0.3, -0.25) is 0 Å². The van der Waals surface area contributed by atoms with Crippen LogP contribution in [0.5, 0.6) is 0 Å². The third-order valence-electron chi connectivity index (χ3n) is 3.53. The standard InChI is InChI=1S/C11H18N4O/c1-2-9(7-12-4-1)11-14-10(15-16-11)8-3-5-13-6-8/h8-9,12-13H,1-7H2. The number of hydrogen-bond donors (Lipinski definition) is 2. The van der Waals surface area contributed by atoms with Crippen molar-refractivity contribution in [2.45, 2.75) is 31.1 Å². The van der Waals surface area contributed by atoms with Crippen LogP contribution in [-0.4, -0.2) is 36.3 Å². The maximum atomic E-state index is 5.39. The predicted octanol–water partition coefficient (Wildman–Crippen LogP) is 0.613. The van der Waals surface area contributed by atoms with Crippen LogP contribution in [0.15, 0.2) is 4.52 Å². The molecule has 16 heavy (non-hydrogen) atoms. The normalized spacial score (nSPS) is 30.8. The molecule has 2 N–H and O–H groups in total. The highest BCUT2D eigenvalue weighted by Gasteiger charge is 2.25. The van der Waals surface area contributed by atoms with Crippen molar-refractivity contribution < 1.29 is 4.52 Å². The van der Waals surface area contributed by atoms with Crippen molar-refractivity contribution in [3.63, 3.8) is 0 Å².